The van der Waals surface area contributed by atoms with Crippen molar-refractivity contribution in [3.63, 3.8) is 0 Å². The Morgan fingerprint density at radius 3 is 2.88 bits per heavy atom. The highest BCUT2D eigenvalue weighted by Crippen LogP contribution is 2.36. The molecule has 2 aliphatic rings. The Kier molecular flexibility index (Phi) is 3.85. The van der Waals surface area contributed by atoms with E-state index < -0.39 is 0 Å². The molecule has 1 saturated carbocycles. The summed E-state index contributed by atoms with van der Waals surface area (Å²) in [5.74, 6) is 1.19. The van der Waals surface area contributed by atoms with Crippen molar-refractivity contribution in [1.29, 1.82) is 0 Å². The Morgan fingerprint density at radius 2 is 2.17 bits per heavy atom. The fourth-order valence-corrected chi connectivity index (χ4v) is 3.25. The van der Waals surface area contributed by atoms with E-state index in [0.717, 1.165) is 37.3 Å². The fraction of sp³-hybridized carbons (Fsp3) is 0.533. The smallest absolute Gasteiger partial charge is 0.288 e. The van der Waals surface area contributed by atoms with Crippen molar-refractivity contribution in [2.24, 2.45) is 0 Å². The zero-order valence-electron chi connectivity index (χ0n) is 13.1. The first-order valence-electron chi connectivity index (χ1n) is 8.10. The second-order valence-corrected chi connectivity index (χ2v) is 6.36. The van der Waals surface area contributed by atoms with Gasteiger partial charge in [-0.15, -0.1) is 0 Å². The third-order valence-electron chi connectivity index (χ3n) is 4.68. The van der Waals surface area contributed by atoms with Gasteiger partial charge in [-0.2, -0.15) is 5.10 Å². The number of aromatic amines is 1. The second-order valence-electron chi connectivity index (χ2n) is 6.36. The van der Waals surface area contributed by atoms with Crippen molar-refractivity contribution >= 4 is 11.7 Å². The van der Waals surface area contributed by atoms with E-state index in [1.807, 2.05) is 6.07 Å². The summed E-state index contributed by atoms with van der Waals surface area (Å²) in [6, 6.07) is 2.12. The van der Waals surface area contributed by atoms with E-state index >= 15 is 0 Å². The van der Waals surface area contributed by atoms with Gasteiger partial charge in [-0.05, 0) is 19.3 Å². The van der Waals surface area contributed by atoms with Crippen LogP contribution in [0, 0.1) is 0 Å². The van der Waals surface area contributed by atoms with E-state index in [9.17, 15) is 9.90 Å². The zero-order chi connectivity index (χ0) is 16.5. The van der Waals surface area contributed by atoms with Gasteiger partial charge < -0.3 is 15.3 Å². The molecule has 0 aromatic carbocycles. The Balaban J connectivity index is 1.34. The molecule has 3 N–H and O–H groups in total. The number of hydrogen-bond donors (Lipinski definition) is 3. The minimum absolute atomic E-state index is 0.125. The number of carbonyl (C=O) groups is 1. The van der Waals surface area contributed by atoms with Gasteiger partial charge in [0.1, 0.15) is 18.5 Å². The van der Waals surface area contributed by atoms with E-state index in [4.69, 9.17) is 0 Å². The summed E-state index contributed by atoms with van der Waals surface area (Å²) < 4.78 is 0. The van der Waals surface area contributed by atoms with E-state index in [1.165, 1.54) is 6.33 Å². The van der Waals surface area contributed by atoms with Crippen molar-refractivity contribution in [3.05, 3.63) is 30.2 Å². The highest BCUT2D eigenvalue weighted by molar-refractivity contribution is 5.90. The number of rotatable bonds is 4. The predicted molar refractivity (Wildman–Crippen MR) is 84.5 cm³/mol. The Hall–Kier alpha value is -2.55. The number of carbonyl (C=O) groups excluding carboxylic acids is 1. The van der Waals surface area contributed by atoms with Crippen molar-refractivity contribution < 1.29 is 9.90 Å². The predicted octanol–water partition coefficient (Wildman–Crippen LogP) is -0.158. The number of anilines is 1. The van der Waals surface area contributed by atoms with Gasteiger partial charge in [0.05, 0.1) is 6.10 Å². The molecule has 0 radical (unpaired) electrons. The number of amides is 1. The molecule has 1 amide bonds. The summed E-state index contributed by atoms with van der Waals surface area (Å²) in [5.41, 5.74) is 0.992. The zero-order valence-corrected chi connectivity index (χ0v) is 13.1. The molecular formula is C15H19N7O2. The van der Waals surface area contributed by atoms with Gasteiger partial charge in [0.2, 0.25) is 5.82 Å². The monoisotopic (exact) mass is 329 g/mol. The second kappa shape index (κ2) is 6.16. The van der Waals surface area contributed by atoms with Crippen LogP contribution in [-0.4, -0.2) is 61.4 Å². The van der Waals surface area contributed by atoms with Crippen LogP contribution < -0.4 is 10.2 Å². The summed E-state index contributed by atoms with van der Waals surface area (Å²) >= 11 is 0. The van der Waals surface area contributed by atoms with Crippen LogP contribution in [0.4, 0.5) is 5.82 Å². The lowest BCUT2D eigenvalue weighted by Gasteiger charge is -2.35. The van der Waals surface area contributed by atoms with Gasteiger partial charge in [0.15, 0.2) is 0 Å². The summed E-state index contributed by atoms with van der Waals surface area (Å²) in [6.07, 6.45) is 5.09. The molecular weight excluding hydrogens is 310 g/mol. The molecule has 0 unspecified atom stereocenters. The topological polar surface area (TPSA) is 120 Å². The first-order chi connectivity index (χ1) is 11.7. The maximum atomic E-state index is 11.9. The van der Waals surface area contributed by atoms with Crippen LogP contribution in [-0.2, 0) is 0 Å². The van der Waals surface area contributed by atoms with E-state index in [0.29, 0.717) is 12.5 Å². The number of nitrogens with one attached hydrogen (secondary N) is 2. The van der Waals surface area contributed by atoms with Gasteiger partial charge in [0.25, 0.3) is 5.91 Å². The quantitative estimate of drug-likeness (QED) is 0.713. The van der Waals surface area contributed by atoms with Crippen molar-refractivity contribution in [3.8, 4) is 0 Å². The number of β-amino-alcohol motifs (C(OH)–C–C–N with tert-alkyl or cyclic N) is 1. The van der Waals surface area contributed by atoms with Crippen LogP contribution in [0.1, 0.15) is 41.5 Å². The maximum Gasteiger partial charge on any atom is 0.288 e. The van der Waals surface area contributed by atoms with Crippen LogP contribution >= 0.6 is 0 Å². The average Bonchev–Trinajstić information content (AvgIpc) is 3.22. The minimum Gasteiger partial charge on any atom is -0.391 e. The van der Waals surface area contributed by atoms with Crippen LogP contribution in [0.25, 0.3) is 0 Å². The van der Waals surface area contributed by atoms with Gasteiger partial charge in [-0.25, -0.2) is 15.0 Å². The molecule has 1 saturated heterocycles. The Morgan fingerprint density at radius 1 is 1.29 bits per heavy atom. The summed E-state index contributed by atoms with van der Waals surface area (Å²) in [4.78, 5) is 26.5. The standard InChI is InChI=1S/C15H19N7O2/c23-11-1-2-22(6-11)13-5-12(16-7-17-13)9-3-10(4-9)20-15(24)14-18-8-19-21-14/h5,7-11,23H,1-4,6H2,(H,20,24)(H,18,19,21)/t9?,10?,11-/m0/s1. The molecule has 1 aliphatic carbocycles. The molecule has 1 atom stereocenters. The van der Waals surface area contributed by atoms with Gasteiger partial charge >= 0.3 is 0 Å². The van der Waals surface area contributed by atoms with Crippen LogP contribution in [0.3, 0.4) is 0 Å². The van der Waals surface area contributed by atoms with E-state index in [2.05, 4.69) is 35.4 Å². The van der Waals surface area contributed by atoms with Crippen LogP contribution in [0.15, 0.2) is 18.7 Å². The third kappa shape index (κ3) is 2.94. The molecule has 126 valence electrons. The van der Waals surface area contributed by atoms with Crippen molar-refractivity contribution in [1.82, 2.24) is 30.5 Å². The van der Waals surface area contributed by atoms with Gasteiger partial charge in [-0.1, -0.05) is 0 Å². The molecule has 2 aromatic heterocycles. The molecule has 0 bridgehead atoms. The van der Waals surface area contributed by atoms with Gasteiger partial charge in [0, 0.05) is 36.8 Å². The SMILES string of the molecule is O=C(NC1CC(c2cc(N3CC[C@H](O)C3)ncn2)C1)c1ncn[nH]1. The van der Waals surface area contributed by atoms with E-state index in [1.54, 1.807) is 6.33 Å². The molecule has 9 heteroatoms. The molecule has 0 spiro atoms. The molecule has 9 nitrogen and oxygen atoms in total. The highest BCUT2D eigenvalue weighted by Gasteiger charge is 2.33. The minimum atomic E-state index is -0.275. The number of H-pyrrole nitrogens is 1. The third-order valence-corrected chi connectivity index (χ3v) is 4.68. The largest absolute Gasteiger partial charge is 0.391 e. The lowest BCUT2D eigenvalue weighted by molar-refractivity contribution is 0.0898. The molecule has 2 aromatic rings. The van der Waals surface area contributed by atoms with Crippen molar-refractivity contribution in [2.45, 2.75) is 37.3 Å². The number of hydrogen-bond acceptors (Lipinski definition) is 7. The Labute approximate surface area is 138 Å². The fourth-order valence-electron chi connectivity index (χ4n) is 3.25. The number of aliphatic hydroxyl groups is 1. The number of nitrogens with zero attached hydrogens (tertiary/aromatic N) is 5. The maximum absolute atomic E-state index is 11.9. The summed E-state index contributed by atoms with van der Waals surface area (Å²) in [5, 5.41) is 18.8. The lowest BCUT2D eigenvalue weighted by atomic mass is 9.78. The molecule has 24 heavy (non-hydrogen) atoms. The average molecular weight is 329 g/mol. The Bertz CT molecular complexity index is 714. The van der Waals surface area contributed by atoms with Crippen LogP contribution in [0.5, 0.6) is 0 Å². The molecule has 4 rings (SSSR count). The highest BCUT2D eigenvalue weighted by atomic mass is 16.3. The normalized spacial score (nSPS) is 26.2. The first kappa shape index (κ1) is 15.0. The number of aromatic nitrogens is 5. The van der Waals surface area contributed by atoms with Gasteiger partial charge in [-0.3, -0.25) is 9.89 Å². The van der Waals surface area contributed by atoms with Crippen molar-refractivity contribution in [2.75, 3.05) is 18.0 Å². The lowest BCUT2D eigenvalue weighted by Crippen LogP contribution is -2.44. The van der Waals surface area contributed by atoms with Crippen LogP contribution in [0.2, 0.25) is 0 Å². The number of aliphatic hydroxyl groups excluding tert-OH is 1. The van der Waals surface area contributed by atoms with E-state index in [-0.39, 0.29) is 23.9 Å². The molecule has 1 aliphatic heterocycles. The first-order valence-corrected chi connectivity index (χ1v) is 8.10. The summed E-state index contributed by atoms with van der Waals surface area (Å²) in [7, 11) is 0. The summed E-state index contributed by atoms with van der Waals surface area (Å²) in [6.45, 7) is 1.44. The molecule has 2 fully saturated rings. The molecule has 3 heterocycles.